The molecule has 1 rings (SSSR count). The van der Waals surface area contributed by atoms with Crippen molar-refractivity contribution in [1.82, 2.24) is 0 Å². The summed E-state index contributed by atoms with van der Waals surface area (Å²) in [6.45, 7) is 10.7. The molecule has 0 aromatic rings. The number of ether oxygens (including phenoxy) is 1. The third-order valence-electron chi connectivity index (χ3n) is 3.68. The molecule has 1 saturated carbocycles. The second-order valence-corrected chi connectivity index (χ2v) is 7.03. The number of esters is 1. The predicted octanol–water partition coefficient (Wildman–Crippen LogP) is 2.73. The van der Waals surface area contributed by atoms with E-state index in [1.54, 1.807) is 0 Å². The molecule has 0 spiro atoms. The summed E-state index contributed by atoms with van der Waals surface area (Å²) in [6, 6.07) is 0. The van der Waals surface area contributed by atoms with Gasteiger partial charge in [0.05, 0.1) is 5.41 Å². The van der Waals surface area contributed by atoms with E-state index in [2.05, 4.69) is 20.8 Å². The Morgan fingerprint density at radius 3 is 2.47 bits per heavy atom. The van der Waals surface area contributed by atoms with Gasteiger partial charge in [-0.15, -0.1) is 0 Å². The minimum Gasteiger partial charge on any atom is -0.462 e. The Kier molecular flexibility index (Phi) is 4.23. The van der Waals surface area contributed by atoms with Crippen LogP contribution in [0.15, 0.2) is 0 Å². The van der Waals surface area contributed by atoms with Crippen molar-refractivity contribution in [2.24, 2.45) is 22.5 Å². The number of hydrogen-bond acceptors (Lipinski definition) is 3. The SMILES string of the molecule is CC1CC(OC(=O)C(C)(C)CN)CC(C)(C)C1. The van der Waals surface area contributed by atoms with Crippen molar-refractivity contribution < 1.29 is 9.53 Å². The molecule has 0 aromatic carbocycles. The van der Waals surface area contributed by atoms with Gasteiger partial charge in [0.15, 0.2) is 0 Å². The van der Waals surface area contributed by atoms with Crippen LogP contribution in [0.5, 0.6) is 0 Å². The lowest BCUT2D eigenvalue weighted by molar-refractivity contribution is -0.163. The van der Waals surface area contributed by atoms with Crippen molar-refractivity contribution in [2.75, 3.05) is 6.54 Å². The van der Waals surface area contributed by atoms with Crippen LogP contribution >= 0.6 is 0 Å². The molecule has 2 atom stereocenters. The first-order chi connectivity index (χ1) is 7.66. The fourth-order valence-corrected chi connectivity index (χ4v) is 2.74. The molecule has 2 unspecified atom stereocenters. The lowest BCUT2D eigenvalue weighted by atomic mass is 9.71. The molecule has 3 nitrogen and oxygen atoms in total. The van der Waals surface area contributed by atoms with Gasteiger partial charge in [-0.1, -0.05) is 20.8 Å². The highest BCUT2D eigenvalue weighted by atomic mass is 16.5. The number of rotatable bonds is 3. The Hall–Kier alpha value is -0.570. The summed E-state index contributed by atoms with van der Waals surface area (Å²) in [5.74, 6) is 0.465. The van der Waals surface area contributed by atoms with Gasteiger partial charge in [-0.25, -0.2) is 0 Å². The van der Waals surface area contributed by atoms with Crippen LogP contribution in [-0.2, 0) is 9.53 Å². The third kappa shape index (κ3) is 3.98. The van der Waals surface area contributed by atoms with Gasteiger partial charge in [0.25, 0.3) is 0 Å². The first-order valence-corrected chi connectivity index (χ1v) is 6.57. The predicted molar refractivity (Wildman–Crippen MR) is 69.5 cm³/mol. The van der Waals surface area contributed by atoms with Gasteiger partial charge in [0.2, 0.25) is 0 Å². The maximum Gasteiger partial charge on any atom is 0.313 e. The van der Waals surface area contributed by atoms with Crippen molar-refractivity contribution in [3.05, 3.63) is 0 Å². The van der Waals surface area contributed by atoms with Gasteiger partial charge >= 0.3 is 5.97 Å². The second kappa shape index (κ2) is 4.97. The number of carbonyl (C=O) groups excluding carboxylic acids is 1. The lowest BCUT2D eigenvalue weighted by Gasteiger charge is -2.39. The van der Waals surface area contributed by atoms with Crippen molar-refractivity contribution in [3.8, 4) is 0 Å². The van der Waals surface area contributed by atoms with Crippen molar-refractivity contribution in [2.45, 2.75) is 60.0 Å². The van der Waals surface area contributed by atoms with E-state index in [0.717, 1.165) is 12.8 Å². The maximum atomic E-state index is 12.0. The van der Waals surface area contributed by atoms with Crippen LogP contribution in [0.2, 0.25) is 0 Å². The fourth-order valence-electron chi connectivity index (χ4n) is 2.74. The molecule has 0 heterocycles. The van der Waals surface area contributed by atoms with E-state index in [1.165, 1.54) is 6.42 Å². The van der Waals surface area contributed by atoms with Gasteiger partial charge in [0.1, 0.15) is 6.10 Å². The Labute approximate surface area is 105 Å². The number of nitrogens with two attached hydrogens (primary N) is 1. The topological polar surface area (TPSA) is 52.3 Å². The first kappa shape index (κ1) is 14.5. The highest BCUT2D eigenvalue weighted by Gasteiger charge is 2.36. The van der Waals surface area contributed by atoms with Crippen molar-refractivity contribution in [1.29, 1.82) is 0 Å². The molecule has 3 heteroatoms. The highest BCUT2D eigenvalue weighted by Crippen LogP contribution is 2.40. The summed E-state index contributed by atoms with van der Waals surface area (Å²) in [6.07, 6.45) is 3.22. The van der Waals surface area contributed by atoms with Crippen molar-refractivity contribution in [3.63, 3.8) is 0 Å². The monoisotopic (exact) mass is 241 g/mol. The van der Waals surface area contributed by atoms with Crippen LogP contribution in [-0.4, -0.2) is 18.6 Å². The van der Waals surface area contributed by atoms with Gasteiger partial charge in [0, 0.05) is 6.54 Å². The Bertz CT molecular complexity index is 284. The van der Waals surface area contributed by atoms with Gasteiger partial charge in [-0.05, 0) is 44.4 Å². The van der Waals surface area contributed by atoms with Crippen LogP contribution in [0, 0.1) is 16.7 Å². The van der Waals surface area contributed by atoms with E-state index in [4.69, 9.17) is 10.5 Å². The maximum absolute atomic E-state index is 12.0. The van der Waals surface area contributed by atoms with E-state index >= 15 is 0 Å². The zero-order chi connectivity index (χ0) is 13.3. The van der Waals surface area contributed by atoms with E-state index in [-0.39, 0.29) is 17.5 Å². The Balaban J connectivity index is 2.60. The van der Waals surface area contributed by atoms with E-state index < -0.39 is 5.41 Å². The summed E-state index contributed by atoms with van der Waals surface area (Å²) in [5, 5.41) is 0. The fraction of sp³-hybridized carbons (Fsp3) is 0.929. The van der Waals surface area contributed by atoms with Crippen molar-refractivity contribution >= 4 is 5.97 Å². The standard InChI is InChI=1S/C14H27NO2/c1-10-6-11(8-13(2,3)7-10)17-12(16)14(4,5)9-15/h10-11H,6-9,15H2,1-5H3. The molecule has 17 heavy (non-hydrogen) atoms. The minimum absolute atomic E-state index is 0.0621. The molecular formula is C14H27NO2. The third-order valence-corrected chi connectivity index (χ3v) is 3.68. The van der Waals surface area contributed by atoms with E-state index in [9.17, 15) is 4.79 Å². The smallest absolute Gasteiger partial charge is 0.313 e. The molecule has 0 aliphatic heterocycles. The number of hydrogen-bond donors (Lipinski definition) is 1. The first-order valence-electron chi connectivity index (χ1n) is 6.57. The van der Waals surface area contributed by atoms with Crippen LogP contribution in [0.4, 0.5) is 0 Å². The van der Waals surface area contributed by atoms with Crippen LogP contribution < -0.4 is 5.73 Å². The van der Waals surface area contributed by atoms with Gasteiger partial charge in [-0.3, -0.25) is 4.79 Å². The molecule has 0 bridgehead atoms. The lowest BCUT2D eigenvalue weighted by Crippen LogP contribution is -2.40. The molecule has 1 fully saturated rings. The number of carbonyl (C=O) groups is 1. The molecule has 1 aliphatic rings. The summed E-state index contributed by atoms with van der Waals surface area (Å²) in [5.41, 5.74) is 5.30. The molecule has 2 N–H and O–H groups in total. The molecule has 1 aliphatic carbocycles. The average molecular weight is 241 g/mol. The second-order valence-electron chi connectivity index (χ2n) is 7.03. The van der Waals surface area contributed by atoms with Gasteiger partial charge in [-0.2, -0.15) is 0 Å². The quantitative estimate of drug-likeness (QED) is 0.773. The minimum atomic E-state index is -0.565. The van der Waals surface area contributed by atoms with Crippen LogP contribution in [0.1, 0.15) is 53.9 Å². The average Bonchev–Trinajstić information content (AvgIpc) is 2.14. The Morgan fingerprint density at radius 1 is 1.41 bits per heavy atom. The van der Waals surface area contributed by atoms with Gasteiger partial charge < -0.3 is 10.5 Å². The largest absolute Gasteiger partial charge is 0.462 e. The highest BCUT2D eigenvalue weighted by molar-refractivity contribution is 5.76. The molecule has 0 saturated heterocycles. The molecular weight excluding hydrogens is 214 g/mol. The molecule has 0 amide bonds. The summed E-state index contributed by atoms with van der Waals surface area (Å²) >= 11 is 0. The summed E-state index contributed by atoms with van der Waals surface area (Å²) in [7, 11) is 0. The molecule has 0 radical (unpaired) electrons. The van der Waals surface area contributed by atoms with E-state index in [1.807, 2.05) is 13.8 Å². The molecule has 100 valence electrons. The normalized spacial score (nSPS) is 28.8. The summed E-state index contributed by atoms with van der Waals surface area (Å²) in [4.78, 5) is 12.0. The zero-order valence-electron chi connectivity index (χ0n) is 11.9. The summed E-state index contributed by atoms with van der Waals surface area (Å²) < 4.78 is 5.63. The van der Waals surface area contributed by atoms with Crippen LogP contribution in [0.25, 0.3) is 0 Å². The Morgan fingerprint density at radius 2 is 2.00 bits per heavy atom. The molecule has 0 aromatic heterocycles. The van der Waals surface area contributed by atoms with Crippen LogP contribution in [0.3, 0.4) is 0 Å². The van der Waals surface area contributed by atoms with E-state index in [0.29, 0.717) is 12.5 Å². The zero-order valence-corrected chi connectivity index (χ0v) is 11.9.